The van der Waals surface area contributed by atoms with Gasteiger partial charge in [-0.2, -0.15) is 5.10 Å². The molecular weight excluding hydrogens is 260 g/mol. The van der Waals surface area contributed by atoms with Crippen molar-refractivity contribution in [1.82, 2.24) is 5.43 Å². The zero-order chi connectivity index (χ0) is 13.5. The highest BCUT2D eigenvalue weighted by Gasteiger charge is 2.08. The summed E-state index contributed by atoms with van der Waals surface area (Å²) >= 11 is 6.02. The highest BCUT2D eigenvalue weighted by atomic mass is 35.5. The Morgan fingerprint density at radius 1 is 1.28 bits per heavy atom. The van der Waals surface area contributed by atoms with Crippen molar-refractivity contribution in [2.45, 2.75) is 0 Å². The van der Waals surface area contributed by atoms with Crippen LogP contribution in [0.4, 0.5) is 4.79 Å². The third-order valence-electron chi connectivity index (χ3n) is 2.05. The first-order valence-electron chi connectivity index (χ1n) is 4.91. The first-order valence-corrected chi connectivity index (χ1v) is 5.28. The van der Waals surface area contributed by atoms with Crippen LogP contribution in [0.15, 0.2) is 17.2 Å². The van der Waals surface area contributed by atoms with Gasteiger partial charge in [-0.05, 0) is 6.07 Å². The molecule has 1 aromatic carbocycles. The number of nitrogens with one attached hydrogen (secondary N) is 1. The van der Waals surface area contributed by atoms with Gasteiger partial charge in [0.2, 0.25) is 0 Å². The molecule has 1 amide bonds. The third-order valence-corrected chi connectivity index (χ3v) is 2.38. The van der Waals surface area contributed by atoms with Crippen molar-refractivity contribution in [1.29, 1.82) is 0 Å². The number of halogens is 1. The Balaban J connectivity index is 2.92. The van der Waals surface area contributed by atoms with E-state index in [1.165, 1.54) is 27.5 Å². The Hall–Kier alpha value is -1.95. The number of hydrogen-bond acceptors (Lipinski definition) is 5. The normalized spacial score (nSPS) is 10.2. The number of rotatable bonds is 4. The molecule has 1 N–H and O–H groups in total. The molecule has 6 nitrogen and oxygen atoms in total. The smallest absolute Gasteiger partial charge is 0.427 e. The lowest BCUT2D eigenvalue weighted by Gasteiger charge is -2.09. The molecule has 0 aliphatic rings. The predicted octanol–water partition coefficient (Wildman–Crippen LogP) is 2.05. The van der Waals surface area contributed by atoms with Gasteiger partial charge in [-0.25, -0.2) is 10.2 Å². The Morgan fingerprint density at radius 3 is 2.44 bits per heavy atom. The number of carbonyl (C=O) groups is 1. The molecule has 0 atom stereocenters. The van der Waals surface area contributed by atoms with Crippen LogP contribution in [0.5, 0.6) is 11.5 Å². The van der Waals surface area contributed by atoms with Gasteiger partial charge in [0.1, 0.15) is 0 Å². The van der Waals surface area contributed by atoms with E-state index in [-0.39, 0.29) is 0 Å². The second kappa shape index (κ2) is 6.70. The topological polar surface area (TPSA) is 69.2 Å². The number of carbonyl (C=O) groups excluding carboxylic acids is 1. The van der Waals surface area contributed by atoms with Crippen molar-refractivity contribution in [2.24, 2.45) is 5.10 Å². The quantitative estimate of drug-likeness (QED) is 0.673. The maximum atomic E-state index is 10.8. The highest BCUT2D eigenvalue weighted by molar-refractivity contribution is 6.33. The van der Waals surface area contributed by atoms with Crippen molar-refractivity contribution in [3.8, 4) is 11.5 Å². The lowest BCUT2D eigenvalue weighted by molar-refractivity contribution is 0.171. The largest absolute Gasteiger partial charge is 0.493 e. The molecule has 0 saturated heterocycles. The molecule has 7 heteroatoms. The molecule has 0 aliphatic heterocycles. The third kappa shape index (κ3) is 3.53. The maximum Gasteiger partial charge on any atom is 0.427 e. The summed E-state index contributed by atoms with van der Waals surface area (Å²) in [6.07, 6.45) is 0.712. The maximum absolute atomic E-state index is 10.8. The van der Waals surface area contributed by atoms with Crippen LogP contribution in [0.1, 0.15) is 5.56 Å². The Kier molecular flexibility index (Phi) is 5.26. The van der Waals surface area contributed by atoms with E-state index >= 15 is 0 Å². The Labute approximate surface area is 109 Å². The van der Waals surface area contributed by atoms with Crippen LogP contribution in [-0.4, -0.2) is 33.6 Å². The van der Waals surface area contributed by atoms with Crippen LogP contribution < -0.4 is 14.9 Å². The summed E-state index contributed by atoms with van der Waals surface area (Å²) < 4.78 is 14.6. The van der Waals surface area contributed by atoms with Gasteiger partial charge in [0, 0.05) is 11.6 Å². The van der Waals surface area contributed by atoms with Crippen molar-refractivity contribution in [3.63, 3.8) is 0 Å². The molecule has 0 aromatic heterocycles. The lowest BCUT2D eigenvalue weighted by atomic mass is 10.2. The van der Waals surface area contributed by atoms with E-state index in [2.05, 4.69) is 15.3 Å². The number of hydrazone groups is 1. The molecule has 0 spiro atoms. The highest BCUT2D eigenvalue weighted by Crippen LogP contribution is 2.32. The van der Waals surface area contributed by atoms with Gasteiger partial charge in [0.15, 0.2) is 11.5 Å². The first kappa shape index (κ1) is 14.1. The van der Waals surface area contributed by atoms with Crippen LogP contribution in [0, 0.1) is 0 Å². The molecular formula is C11H13ClN2O4. The van der Waals surface area contributed by atoms with E-state index in [1.54, 1.807) is 12.1 Å². The van der Waals surface area contributed by atoms with Gasteiger partial charge >= 0.3 is 6.09 Å². The van der Waals surface area contributed by atoms with Crippen LogP contribution in [0.25, 0.3) is 0 Å². The molecule has 0 aliphatic carbocycles. The van der Waals surface area contributed by atoms with Gasteiger partial charge in [-0.15, -0.1) is 0 Å². The number of methoxy groups -OCH3 is 3. The van der Waals surface area contributed by atoms with Crippen molar-refractivity contribution in [3.05, 3.63) is 22.7 Å². The van der Waals surface area contributed by atoms with Gasteiger partial charge in [0.25, 0.3) is 0 Å². The van der Waals surface area contributed by atoms with Crippen LogP contribution in [0.3, 0.4) is 0 Å². The summed E-state index contributed by atoms with van der Waals surface area (Å²) in [5, 5.41) is 4.09. The summed E-state index contributed by atoms with van der Waals surface area (Å²) in [5.41, 5.74) is 2.73. The molecule has 0 unspecified atom stereocenters. The summed E-state index contributed by atoms with van der Waals surface area (Å²) in [7, 11) is 4.27. The fourth-order valence-corrected chi connectivity index (χ4v) is 1.37. The Morgan fingerprint density at radius 2 is 1.89 bits per heavy atom. The number of ether oxygens (including phenoxy) is 3. The first-order chi connectivity index (χ1) is 8.62. The SMILES string of the molecule is COC(=O)N/N=C/c1cc(OC)c(OC)cc1Cl. The van der Waals surface area contributed by atoms with Crippen molar-refractivity contribution < 1.29 is 19.0 Å². The fraction of sp³-hybridized carbons (Fsp3) is 0.273. The van der Waals surface area contributed by atoms with E-state index < -0.39 is 6.09 Å². The average Bonchev–Trinajstić information content (AvgIpc) is 2.39. The molecule has 18 heavy (non-hydrogen) atoms. The minimum atomic E-state index is -0.664. The molecule has 0 heterocycles. The molecule has 1 rings (SSSR count). The lowest BCUT2D eigenvalue weighted by Crippen LogP contribution is -2.16. The molecule has 0 radical (unpaired) electrons. The monoisotopic (exact) mass is 272 g/mol. The van der Waals surface area contributed by atoms with E-state index in [0.717, 1.165) is 0 Å². The van der Waals surface area contributed by atoms with E-state index in [4.69, 9.17) is 21.1 Å². The second-order valence-corrected chi connectivity index (χ2v) is 3.50. The summed E-state index contributed by atoms with van der Waals surface area (Å²) in [6.45, 7) is 0. The molecule has 98 valence electrons. The van der Waals surface area contributed by atoms with Crippen LogP contribution >= 0.6 is 11.6 Å². The zero-order valence-electron chi connectivity index (χ0n) is 10.2. The zero-order valence-corrected chi connectivity index (χ0v) is 10.9. The number of hydrogen-bond donors (Lipinski definition) is 1. The average molecular weight is 273 g/mol. The summed E-state index contributed by atoms with van der Waals surface area (Å²) in [6, 6.07) is 3.24. The minimum Gasteiger partial charge on any atom is -0.493 e. The van der Waals surface area contributed by atoms with Crippen LogP contribution in [-0.2, 0) is 4.74 Å². The van der Waals surface area contributed by atoms with E-state index in [1.807, 2.05) is 0 Å². The molecule has 0 bridgehead atoms. The van der Waals surface area contributed by atoms with E-state index in [0.29, 0.717) is 22.1 Å². The van der Waals surface area contributed by atoms with Crippen LogP contribution in [0.2, 0.25) is 5.02 Å². The Bertz CT molecular complexity index is 463. The predicted molar refractivity (Wildman–Crippen MR) is 67.7 cm³/mol. The van der Waals surface area contributed by atoms with E-state index in [9.17, 15) is 4.79 Å². The van der Waals surface area contributed by atoms with Crippen molar-refractivity contribution in [2.75, 3.05) is 21.3 Å². The van der Waals surface area contributed by atoms with Crippen molar-refractivity contribution >= 4 is 23.9 Å². The second-order valence-electron chi connectivity index (χ2n) is 3.09. The van der Waals surface area contributed by atoms with Gasteiger partial charge < -0.3 is 14.2 Å². The number of benzene rings is 1. The van der Waals surface area contributed by atoms with Gasteiger partial charge in [-0.3, -0.25) is 0 Å². The number of amides is 1. The fourth-order valence-electron chi connectivity index (χ4n) is 1.17. The molecule has 0 saturated carbocycles. The van der Waals surface area contributed by atoms with Gasteiger partial charge in [-0.1, -0.05) is 11.6 Å². The van der Waals surface area contributed by atoms with Gasteiger partial charge in [0.05, 0.1) is 32.6 Å². The standard InChI is InChI=1S/C11H13ClN2O4/c1-16-9-4-7(6-13-14-11(15)18-3)8(12)5-10(9)17-2/h4-6H,1-3H3,(H,14,15)/b13-6+. The summed E-state index contributed by atoms with van der Waals surface area (Å²) in [4.78, 5) is 10.8. The molecule has 0 fully saturated rings. The number of nitrogens with zero attached hydrogens (tertiary/aromatic N) is 1. The molecule has 1 aromatic rings. The summed E-state index contributed by atoms with van der Waals surface area (Å²) in [5.74, 6) is 1.03. The minimum absolute atomic E-state index is 0.420.